The number of hydrogen-bond acceptors (Lipinski definition) is 3. The smallest absolute Gasteiger partial charge is 0.146 e. The topological polar surface area (TPSA) is 60.9 Å². The molecule has 1 saturated carbocycles. The lowest BCUT2D eigenvalue weighted by molar-refractivity contribution is -0.127. The Bertz CT molecular complexity index is 490. The molecule has 0 amide bonds. The number of ketones is 1. The number of aromatic nitrogens is 2. The Kier molecular flexibility index (Phi) is 4.86. The van der Waals surface area contributed by atoms with Gasteiger partial charge in [-0.05, 0) is 26.2 Å². The summed E-state index contributed by atoms with van der Waals surface area (Å²) in [5.41, 5.74) is 7.30. The molecule has 112 valence electrons. The summed E-state index contributed by atoms with van der Waals surface area (Å²) < 4.78 is 1.86. The highest BCUT2D eigenvalue weighted by molar-refractivity contribution is 6.32. The van der Waals surface area contributed by atoms with Crippen LogP contribution in [0.15, 0.2) is 0 Å². The van der Waals surface area contributed by atoms with Crippen molar-refractivity contribution in [3.05, 3.63) is 16.4 Å². The molecule has 1 aliphatic rings. The van der Waals surface area contributed by atoms with Crippen molar-refractivity contribution < 1.29 is 4.79 Å². The van der Waals surface area contributed by atoms with Gasteiger partial charge in [-0.3, -0.25) is 9.48 Å². The Morgan fingerprint density at radius 2 is 2.05 bits per heavy atom. The number of nitrogens with two attached hydrogens (primary N) is 1. The molecule has 1 aromatic rings. The van der Waals surface area contributed by atoms with Gasteiger partial charge < -0.3 is 5.73 Å². The standard InChI is InChI=1S/C15H24ClN3O/c1-3-11-14(16)12(19(4-2)18-11)9-13(20)15(10-17)7-5-6-8-15/h3-10,17H2,1-2H3. The molecule has 4 nitrogen and oxygen atoms in total. The Labute approximate surface area is 125 Å². The van der Waals surface area contributed by atoms with E-state index >= 15 is 0 Å². The van der Waals surface area contributed by atoms with E-state index in [2.05, 4.69) is 5.10 Å². The number of halogens is 1. The summed E-state index contributed by atoms with van der Waals surface area (Å²) in [6.07, 6.45) is 5.18. The zero-order chi connectivity index (χ0) is 14.8. The third-order valence-electron chi connectivity index (χ3n) is 4.57. The van der Waals surface area contributed by atoms with Gasteiger partial charge in [0.1, 0.15) is 5.78 Å². The minimum absolute atomic E-state index is 0.233. The van der Waals surface area contributed by atoms with E-state index in [0.29, 0.717) is 18.0 Å². The van der Waals surface area contributed by atoms with Gasteiger partial charge in [0.05, 0.1) is 22.8 Å². The van der Waals surface area contributed by atoms with Crippen molar-refractivity contribution in [2.75, 3.05) is 6.54 Å². The number of carbonyl (C=O) groups is 1. The average molecular weight is 298 g/mol. The Morgan fingerprint density at radius 1 is 1.40 bits per heavy atom. The first kappa shape index (κ1) is 15.5. The minimum atomic E-state index is -0.321. The molecule has 0 unspecified atom stereocenters. The van der Waals surface area contributed by atoms with E-state index in [1.807, 2.05) is 18.5 Å². The molecule has 0 radical (unpaired) electrons. The zero-order valence-corrected chi connectivity index (χ0v) is 13.2. The third kappa shape index (κ3) is 2.63. The fourth-order valence-corrected chi connectivity index (χ4v) is 3.51. The fraction of sp³-hybridized carbons (Fsp3) is 0.733. The maximum Gasteiger partial charge on any atom is 0.146 e. The highest BCUT2D eigenvalue weighted by Crippen LogP contribution is 2.39. The normalized spacial score (nSPS) is 17.6. The van der Waals surface area contributed by atoms with Crippen LogP contribution in [0.3, 0.4) is 0 Å². The van der Waals surface area contributed by atoms with Crippen LogP contribution in [0.25, 0.3) is 0 Å². The summed E-state index contributed by atoms with van der Waals surface area (Å²) in [5, 5.41) is 5.14. The highest BCUT2D eigenvalue weighted by Gasteiger charge is 2.39. The van der Waals surface area contributed by atoms with E-state index in [-0.39, 0.29) is 11.2 Å². The first-order valence-electron chi connectivity index (χ1n) is 7.55. The third-order valence-corrected chi connectivity index (χ3v) is 5.00. The quantitative estimate of drug-likeness (QED) is 0.878. The number of rotatable bonds is 6. The maximum atomic E-state index is 12.7. The Balaban J connectivity index is 2.25. The number of aryl methyl sites for hydroxylation is 2. The molecule has 1 aliphatic carbocycles. The fourth-order valence-electron chi connectivity index (χ4n) is 3.17. The molecule has 2 N–H and O–H groups in total. The van der Waals surface area contributed by atoms with Crippen LogP contribution >= 0.6 is 11.6 Å². The van der Waals surface area contributed by atoms with Gasteiger partial charge in [-0.25, -0.2) is 0 Å². The van der Waals surface area contributed by atoms with Gasteiger partial charge in [0.2, 0.25) is 0 Å². The van der Waals surface area contributed by atoms with Gasteiger partial charge in [-0.1, -0.05) is 31.4 Å². The van der Waals surface area contributed by atoms with Crippen LogP contribution < -0.4 is 5.73 Å². The predicted molar refractivity (Wildman–Crippen MR) is 81.0 cm³/mol. The lowest BCUT2D eigenvalue weighted by atomic mass is 9.80. The van der Waals surface area contributed by atoms with E-state index in [9.17, 15) is 4.79 Å². The van der Waals surface area contributed by atoms with Gasteiger partial charge in [0, 0.05) is 18.5 Å². The van der Waals surface area contributed by atoms with Crippen molar-refractivity contribution in [3.8, 4) is 0 Å². The molecule has 0 saturated heterocycles. The lowest BCUT2D eigenvalue weighted by Gasteiger charge is -2.25. The molecule has 5 heteroatoms. The molecule has 0 aromatic carbocycles. The van der Waals surface area contributed by atoms with Crippen LogP contribution in [0, 0.1) is 5.41 Å². The molecule has 20 heavy (non-hydrogen) atoms. The number of Topliss-reactive ketones (excluding diaryl/α,β-unsaturated/α-hetero) is 1. The molecule has 0 bridgehead atoms. The van der Waals surface area contributed by atoms with Crippen molar-refractivity contribution >= 4 is 17.4 Å². The van der Waals surface area contributed by atoms with Crippen molar-refractivity contribution in [1.29, 1.82) is 0 Å². The lowest BCUT2D eigenvalue weighted by Crippen LogP contribution is -2.37. The van der Waals surface area contributed by atoms with Crippen LogP contribution in [0.4, 0.5) is 0 Å². The summed E-state index contributed by atoms with van der Waals surface area (Å²) in [6.45, 7) is 5.23. The molecule has 0 spiro atoms. The van der Waals surface area contributed by atoms with Gasteiger partial charge in [-0.15, -0.1) is 0 Å². The van der Waals surface area contributed by atoms with Crippen molar-refractivity contribution in [2.24, 2.45) is 11.1 Å². The van der Waals surface area contributed by atoms with E-state index in [0.717, 1.165) is 50.0 Å². The van der Waals surface area contributed by atoms with Crippen molar-refractivity contribution in [3.63, 3.8) is 0 Å². The van der Waals surface area contributed by atoms with E-state index in [1.165, 1.54) is 0 Å². The van der Waals surface area contributed by atoms with E-state index in [4.69, 9.17) is 17.3 Å². The van der Waals surface area contributed by atoms with Gasteiger partial charge in [0.15, 0.2) is 0 Å². The predicted octanol–water partition coefficient (Wildman–Crippen LogP) is 2.75. The second kappa shape index (κ2) is 6.27. The number of carbonyl (C=O) groups excluding carboxylic acids is 1. The van der Waals surface area contributed by atoms with E-state index in [1.54, 1.807) is 0 Å². The SMILES string of the molecule is CCc1nn(CC)c(CC(=O)C2(CN)CCCC2)c1Cl. The summed E-state index contributed by atoms with van der Waals surface area (Å²) in [5.74, 6) is 0.233. The largest absolute Gasteiger partial charge is 0.329 e. The van der Waals surface area contributed by atoms with Gasteiger partial charge in [0.25, 0.3) is 0 Å². The highest BCUT2D eigenvalue weighted by atomic mass is 35.5. The summed E-state index contributed by atoms with van der Waals surface area (Å²) in [4.78, 5) is 12.7. The zero-order valence-electron chi connectivity index (χ0n) is 12.4. The van der Waals surface area contributed by atoms with Crippen LogP contribution in [-0.2, 0) is 24.2 Å². The molecule has 0 atom stereocenters. The summed E-state index contributed by atoms with van der Waals surface area (Å²) >= 11 is 6.38. The van der Waals surface area contributed by atoms with Crippen LogP contribution in [0.5, 0.6) is 0 Å². The van der Waals surface area contributed by atoms with Crippen LogP contribution in [-0.4, -0.2) is 22.1 Å². The Hall–Kier alpha value is -0.870. The minimum Gasteiger partial charge on any atom is -0.329 e. The van der Waals surface area contributed by atoms with Gasteiger partial charge >= 0.3 is 0 Å². The maximum absolute atomic E-state index is 12.7. The van der Waals surface area contributed by atoms with Crippen molar-refractivity contribution in [2.45, 2.75) is 58.9 Å². The van der Waals surface area contributed by atoms with Gasteiger partial charge in [-0.2, -0.15) is 5.10 Å². The first-order valence-corrected chi connectivity index (χ1v) is 7.93. The molecule has 1 fully saturated rings. The monoisotopic (exact) mass is 297 g/mol. The number of nitrogens with zero attached hydrogens (tertiary/aromatic N) is 2. The molecule has 0 aliphatic heterocycles. The average Bonchev–Trinajstić information content (AvgIpc) is 3.06. The molecule has 1 heterocycles. The first-order chi connectivity index (χ1) is 9.57. The van der Waals surface area contributed by atoms with E-state index < -0.39 is 0 Å². The second-order valence-electron chi connectivity index (χ2n) is 5.67. The summed E-state index contributed by atoms with van der Waals surface area (Å²) in [7, 11) is 0. The summed E-state index contributed by atoms with van der Waals surface area (Å²) in [6, 6.07) is 0. The number of hydrogen-bond donors (Lipinski definition) is 1. The second-order valence-corrected chi connectivity index (χ2v) is 6.05. The molecule has 1 aromatic heterocycles. The van der Waals surface area contributed by atoms with Crippen LogP contribution in [0.2, 0.25) is 5.02 Å². The molecular weight excluding hydrogens is 274 g/mol. The molecular formula is C15H24ClN3O. The van der Waals surface area contributed by atoms with Crippen LogP contribution in [0.1, 0.15) is 50.9 Å². The molecule has 2 rings (SSSR count). The van der Waals surface area contributed by atoms with Crippen molar-refractivity contribution in [1.82, 2.24) is 9.78 Å². The Morgan fingerprint density at radius 3 is 2.55 bits per heavy atom.